The molecule has 0 bridgehead atoms. The Kier molecular flexibility index (Phi) is 4.99. The smallest absolute Gasteiger partial charge is 0.108 e. The number of anilines is 1. The highest BCUT2D eigenvalue weighted by Crippen LogP contribution is 2.40. The van der Waals surface area contributed by atoms with E-state index in [1.165, 1.54) is 32.4 Å². The van der Waals surface area contributed by atoms with Gasteiger partial charge in [-0.2, -0.15) is 5.26 Å². The molecule has 136 valence electrons. The number of halogens is 1. The number of amidine groups is 1. The third-order valence-corrected chi connectivity index (χ3v) is 6.23. The van der Waals surface area contributed by atoms with Gasteiger partial charge in [-0.3, -0.25) is 4.90 Å². The minimum absolute atomic E-state index is 0.390. The molecule has 1 unspecified atom stereocenters. The largest absolute Gasteiger partial charge is 0.342 e. The van der Waals surface area contributed by atoms with Crippen LogP contribution in [-0.4, -0.2) is 43.0 Å². The molecule has 0 saturated carbocycles. The maximum atomic E-state index is 8.96. The zero-order chi connectivity index (χ0) is 18.0. The lowest BCUT2D eigenvalue weighted by molar-refractivity contribution is 0.184. The predicted molar refractivity (Wildman–Crippen MR) is 105 cm³/mol. The first kappa shape index (κ1) is 17.5. The molecule has 1 spiro atoms. The average molecular weight is 370 g/mol. The standard InChI is InChI=1S/C20H24ClN5/c21-17-11-15(13-22)1-2-18(17)25-19-12-16(3-7-24-19)26-10-6-20(14-26)4-8-23-9-5-20/h1-3,7,11,16,23H,4-6,8-10,12,14H2,(H,24,25). The average Bonchev–Trinajstić information content (AvgIpc) is 3.07. The van der Waals surface area contributed by atoms with Crippen LogP contribution in [0.5, 0.6) is 0 Å². The molecule has 3 aliphatic rings. The van der Waals surface area contributed by atoms with Gasteiger partial charge in [0, 0.05) is 25.2 Å². The Balaban J connectivity index is 1.40. The zero-order valence-corrected chi connectivity index (χ0v) is 15.6. The van der Waals surface area contributed by atoms with E-state index < -0.39 is 0 Å². The van der Waals surface area contributed by atoms with Crippen molar-refractivity contribution in [3.8, 4) is 6.07 Å². The molecule has 2 saturated heterocycles. The van der Waals surface area contributed by atoms with Gasteiger partial charge in [0.2, 0.25) is 0 Å². The van der Waals surface area contributed by atoms with E-state index in [-0.39, 0.29) is 0 Å². The highest BCUT2D eigenvalue weighted by atomic mass is 35.5. The van der Waals surface area contributed by atoms with Gasteiger partial charge in [0.05, 0.1) is 22.3 Å². The Morgan fingerprint density at radius 2 is 2.15 bits per heavy atom. The van der Waals surface area contributed by atoms with Gasteiger partial charge in [0.1, 0.15) is 5.84 Å². The zero-order valence-electron chi connectivity index (χ0n) is 14.8. The van der Waals surface area contributed by atoms with E-state index in [2.05, 4.69) is 32.7 Å². The van der Waals surface area contributed by atoms with Crippen molar-refractivity contribution in [3.63, 3.8) is 0 Å². The van der Waals surface area contributed by atoms with Crippen molar-refractivity contribution in [2.24, 2.45) is 10.4 Å². The third kappa shape index (κ3) is 3.64. The minimum Gasteiger partial charge on any atom is -0.342 e. The summed E-state index contributed by atoms with van der Waals surface area (Å²) >= 11 is 6.29. The van der Waals surface area contributed by atoms with Crippen molar-refractivity contribution in [1.29, 1.82) is 5.26 Å². The molecule has 0 aromatic heterocycles. The molecule has 0 amide bonds. The maximum Gasteiger partial charge on any atom is 0.108 e. The Labute approximate surface area is 159 Å². The van der Waals surface area contributed by atoms with Gasteiger partial charge in [0.15, 0.2) is 0 Å². The van der Waals surface area contributed by atoms with Gasteiger partial charge in [-0.05, 0) is 68.6 Å². The maximum absolute atomic E-state index is 8.96. The molecule has 2 N–H and O–H groups in total. The van der Waals surface area contributed by atoms with E-state index >= 15 is 0 Å². The monoisotopic (exact) mass is 369 g/mol. The molecule has 2 fully saturated rings. The first-order valence-corrected chi connectivity index (χ1v) is 9.70. The Bertz CT molecular complexity index is 773. The van der Waals surface area contributed by atoms with E-state index in [9.17, 15) is 0 Å². The first-order chi connectivity index (χ1) is 12.7. The summed E-state index contributed by atoms with van der Waals surface area (Å²) in [5.41, 5.74) is 1.88. The molecular weight excluding hydrogens is 346 g/mol. The van der Waals surface area contributed by atoms with E-state index in [1.807, 2.05) is 12.3 Å². The van der Waals surface area contributed by atoms with Gasteiger partial charge in [-0.15, -0.1) is 0 Å². The molecular formula is C20H24ClN5. The summed E-state index contributed by atoms with van der Waals surface area (Å²) in [5.74, 6) is 0.926. The van der Waals surface area contributed by atoms with E-state index in [4.69, 9.17) is 16.9 Å². The molecule has 1 atom stereocenters. The highest BCUT2D eigenvalue weighted by molar-refractivity contribution is 6.33. The summed E-state index contributed by atoms with van der Waals surface area (Å²) in [6.45, 7) is 4.66. The lowest BCUT2D eigenvalue weighted by Crippen LogP contribution is -2.41. The number of likely N-dealkylation sites (tertiary alicyclic amines) is 1. The number of aliphatic imine (C=N–C) groups is 1. The molecule has 0 aliphatic carbocycles. The fourth-order valence-corrected chi connectivity index (χ4v) is 4.57. The van der Waals surface area contributed by atoms with Crippen LogP contribution >= 0.6 is 11.6 Å². The number of hydrogen-bond donors (Lipinski definition) is 2. The number of piperidine rings is 1. The normalized spacial score (nSPS) is 25.1. The first-order valence-electron chi connectivity index (χ1n) is 9.32. The van der Waals surface area contributed by atoms with Crippen LogP contribution in [0.1, 0.15) is 31.2 Å². The minimum atomic E-state index is 0.390. The van der Waals surface area contributed by atoms with Gasteiger partial charge >= 0.3 is 0 Å². The summed E-state index contributed by atoms with van der Waals surface area (Å²) in [7, 11) is 0. The van der Waals surface area contributed by atoms with Crippen molar-refractivity contribution in [2.75, 3.05) is 31.5 Å². The number of nitrogens with zero attached hydrogens (tertiary/aromatic N) is 3. The molecule has 1 aromatic carbocycles. The SMILES string of the molecule is N#Cc1ccc(NC2=NC=CC(N3CCC4(CCNCC4)C3)C2)c(Cl)c1. The number of nitrogens with one attached hydrogen (secondary N) is 2. The number of hydrogen-bond acceptors (Lipinski definition) is 5. The lowest BCUT2D eigenvalue weighted by atomic mass is 9.78. The third-order valence-electron chi connectivity index (χ3n) is 5.92. The summed E-state index contributed by atoms with van der Waals surface area (Å²) in [6.07, 6.45) is 8.87. The second-order valence-electron chi connectivity index (χ2n) is 7.59. The number of benzene rings is 1. The topological polar surface area (TPSA) is 63.5 Å². The van der Waals surface area contributed by atoms with Crippen molar-refractivity contribution in [3.05, 3.63) is 41.1 Å². The van der Waals surface area contributed by atoms with E-state index in [1.54, 1.807) is 12.1 Å². The van der Waals surface area contributed by atoms with Gasteiger partial charge < -0.3 is 10.6 Å². The van der Waals surface area contributed by atoms with Gasteiger partial charge in [-0.25, -0.2) is 4.99 Å². The second-order valence-corrected chi connectivity index (χ2v) is 8.00. The molecule has 0 radical (unpaired) electrons. The fourth-order valence-electron chi connectivity index (χ4n) is 4.34. The predicted octanol–water partition coefficient (Wildman–Crippen LogP) is 3.38. The van der Waals surface area contributed by atoms with Crippen LogP contribution in [0, 0.1) is 16.7 Å². The molecule has 3 aliphatic heterocycles. The summed E-state index contributed by atoms with van der Waals surface area (Å²) in [6, 6.07) is 7.79. The van der Waals surface area contributed by atoms with Crippen LogP contribution in [0.4, 0.5) is 5.69 Å². The molecule has 5 nitrogen and oxygen atoms in total. The summed E-state index contributed by atoms with van der Waals surface area (Å²) in [5, 5.41) is 16.3. The van der Waals surface area contributed by atoms with Gasteiger partial charge in [-0.1, -0.05) is 11.6 Å². The molecule has 4 rings (SSSR count). The number of nitriles is 1. The van der Waals surface area contributed by atoms with Crippen LogP contribution < -0.4 is 10.6 Å². The molecule has 1 aromatic rings. The molecule has 3 heterocycles. The highest BCUT2D eigenvalue weighted by Gasteiger charge is 2.40. The van der Waals surface area contributed by atoms with Crippen LogP contribution in [0.25, 0.3) is 0 Å². The lowest BCUT2D eigenvalue weighted by Gasteiger charge is -2.35. The van der Waals surface area contributed by atoms with E-state index in [0.29, 0.717) is 22.0 Å². The van der Waals surface area contributed by atoms with Crippen molar-refractivity contribution in [2.45, 2.75) is 31.7 Å². The van der Waals surface area contributed by atoms with Crippen molar-refractivity contribution >= 4 is 23.1 Å². The summed E-state index contributed by atoms with van der Waals surface area (Å²) < 4.78 is 0. The van der Waals surface area contributed by atoms with Crippen molar-refractivity contribution in [1.82, 2.24) is 10.2 Å². The van der Waals surface area contributed by atoms with Crippen molar-refractivity contribution < 1.29 is 0 Å². The van der Waals surface area contributed by atoms with Crippen LogP contribution in [-0.2, 0) is 0 Å². The molecule has 6 heteroatoms. The Hall–Kier alpha value is -1.87. The Morgan fingerprint density at radius 1 is 1.31 bits per heavy atom. The van der Waals surface area contributed by atoms with Crippen LogP contribution in [0.3, 0.4) is 0 Å². The van der Waals surface area contributed by atoms with Crippen LogP contribution in [0.2, 0.25) is 5.02 Å². The van der Waals surface area contributed by atoms with E-state index in [0.717, 1.165) is 31.0 Å². The number of rotatable bonds is 2. The van der Waals surface area contributed by atoms with Gasteiger partial charge in [0.25, 0.3) is 0 Å². The fraction of sp³-hybridized carbons (Fsp3) is 0.500. The Morgan fingerprint density at radius 3 is 2.92 bits per heavy atom. The quantitative estimate of drug-likeness (QED) is 0.838. The second kappa shape index (κ2) is 7.40. The summed E-state index contributed by atoms with van der Waals surface area (Å²) in [4.78, 5) is 7.11. The molecule has 26 heavy (non-hydrogen) atoms. The van der Waals surface area contributed by atoms with Crippen LogP contribution in [0.15, 0.2) is 35.5 Å².